The lowest BCUT2D eigenvalue weighted by atomic mass is 10.1. The van der Waals surface area contributed by atoms with Crippen molar-refractivity contribution in [3.05, 3.63) is 44.9 Å². The van der Waals surface area contributed by atoms with E-state index in [0.29, 0.717) is 23.0 Å². The normalized spacial score (nSPS) is 10.8. The highest BCUT2D eigenvalue weighted by Crippen LogP contribution is 2.21. The Kier molecular flexibility index (Phi) is 7.70. The van der Waals surface area contributed by atoms with Crippen LogP contribution < -0.4 is 10.6 Å². The number of aryl methyl sites for hydroxylation is 3. The van der Waals surface area contributed by atoms with E-state index in [-0.39, 0.29) is 5.91 Å². The molecule has 0 unspecified atom stereocenters. The van der Waals surface area contributed by atoms with Gasteiger partial charge in [0.05, 0.1) is 0 Å². The zero-order valence-corrected chi connectivity index (χ0v) is 17.8. The Morgan fingerprint density at radius 1 is 0.964 bits per heavy atom. The van der Waals surface area contributed by atoms with E-state index in [1.165, 1.54) is 11.3 Å². The van der Waals surface area contributed by atoms with Crippen molar-refractivity contribution >= 4 is 50.4 Å². The molecule has 0 aliphatic carbocycles. The molecule has 28 heavy (non-hydrogen) atoms. The van der Waals surface area contributed by atoms with Gasteiger partial charge in [0.1, 0.15) is 10.0 Å². The summed E-state index contributed by atoms with van der Waals surface area (Å²) >= 11 is 9.12. The summed E-state index contributed by atoms with van der Waals surface area (Å²) in [5.41, 5.74) is 0.967. The molecule has 3 aromatic rings. The van der Waals surface area contributed by atoms with Crippen LogP contribution in [0.25, 0.3) is 0 Å². The maximum absolute atomic E-state index is 12.1. The predicted molar refractivity (Wildman–Crippen MR) is 114 cm³/mol. The van der Waals surface area contributed by atoms with Gasteiger partial charge in [-0.05, 0) is 30.9 Å². The van der Waals surface area contributed by atoms with Crippen molar-refractivity contribution in [3.63, 3.8) is 0 Å². The van der Waals surface area contributed by atoms with Gasteiger partial charge >= 0.3 is 0 Å². The van der Waals surface area contributed by atoms with E-state index >= 15 is 0 Å². The van der Waals surface area contributed by atoms with Crippen molar-refractivity contribution < 1.29 is 4.79 Å². The number of hydrogen-bond acceptors (Lipinski definition) is 8. The summed E-state index contributed by atoms with van der Waals surface area (Å²) in [4.78, 5) is 12.1. The number of benzene rings is 1. The highest BCUT2D eigenvalue weighted by atomic mass is 35.5. The second-order valence-electron chi connectivity index (χ2n) is 6.10. The summed E-state index contributed by atoms with van der Waals surface area (Å²) in [6.07, 6.45) is 4.70. The number of nitrogens with one attached hydrogen (secondary N) is 2. The first-order valence-electron chi connectivity index (χ1n) is 9.00. The molecule has 0 saturated heterocycles. The van der Waals surface area contributed by atoms with Gasteiger partial charge in [0.15, 0.2) is 0 Å². The van der Waals surface area contributed by atoms with E-state index in [2.05, 4.69) is 31.0 Å². The second-order valence-corrected chi connectivity index (χ2v) is 8.63. The molecule has 148 valence electrons. The Balaban J connectivity index is 1.37. The minimum absolute atomic E-state index is 0.0840. The van der Waals surface area contributed by atoms with Gasteiger partial charge in [0.2, 0.25) is 16.2 Å². The number of carbonyl (C=O) groups is 1. The van der Waals surface area contributed by atoms with E-state index < -0.39 is 0 Å². The van der Waals surface area contributed by atoms with Gasteiger partial charge in [-0.1, -0.05) is 52.5 Å². The molecule has 0 atom stereocenters. The molecule has 0 fully saturated rings. The van der Waals surface area contributed by atoms with Crippen molar-refractivity contribution in [2.75, 3.05) is 17.7 Å². The van der Waals surface area contributed by atoms with Crippen LogP contribution in [0.15, 0.2) is 24.3 Å². The minimum atomic E-state index is -0.0840. The summed E-state index contributed by atoms with van der Waals surface area (Å²) < 4.78 is 0. The fourth-order valence-electron chi connectivity index (χ4n) is 2.54. The summed E-state index contributed by atoms with van der Waals surface area (Å²) in [6.45, 7) is 0. The molecule has 0 aliphatic rings. The van der Waals surface area contributed by atoms with Gasteiger partial charge in [0, 0.05) is 31.3 Å². The van der Waals surface area contributed by atoms with Gasteiger partial charge in [0.25, 0.3) is 0 Å². The van der Waals surface area contributed by atoms with Gasteiger partial charge in [-0.25, -0.2) is 0 Å². The van der Waals surface area contributed by atoms with Gasteiger partial charge < -0.3 is 10.6 Å². The van der Waals surface area contributed by atoms with Crippen LogP contribution >= 0.6 is 34.3 Å². The number of nitrogens with zero attached hydrogens (tertiary/aromatic N) is 4. The lowest BCUT2D eigenvalue weighted by molar-refractivity contribution is -0.116. The number of rotatable bonds is 10. The standard InChI is InChI=1S/C18H21ClN6OS2/c1-20-17-24-22-15(27-17)8-4-5-9-16-23-25-18(28-16)21-14(26)11-10-12-6-2-3-7-13(12)19/h2-3,6-7H,4-5,8-11H2,1H3,(H,20,24)(H,21,25,26). The highest BCUT2D eigenvalue weighted by Gasteiger charge is 2.10. The third kappa shape index (κ3) is 6.22. The van der Waals surface area contributed by atoms with Crippen molar-refractivity contribution in [1.82, 2.24) is 20.4 Å². The molecular formula is C18H21ClN6OS2. The Hall–Kier alpha value is -2.10. The van der Waals surface area contributed by atoms with E-state index in [9.17, 15) is 4.79 Å². The second kappa shape index (κ2) is 10.4. The van der Waals surface area contributed by atoms with Crippen LogP contribution in [0.3, 0.4) is 0 Å². The molecule has 10 heteroatoms. The van der Waals surface area contributed by atoms with Crippen LogP contribution in [0, 0.1) is 0 Å². The average Bonchev–Trinajstić information content (AvgIpc) is 3.34. The topological polar surface area (TPSA) is 92.7 Å². The number of anilines is 2. The zero-order chi connectivity index (χ0) is 19.8. The molecule has 0 spiro atoms. The smallest absolute Gasteiger partial charge is 0.226 e. The van der Waals surface area contributed by atoms with Crippen LogP contribution in [-0.2, 0) is 24.1 Å². The maximum Gasteiger partial charge on any atom is 0.226 e. The largest absolute Gasteiger partial charge is 0.363 e. The maximum atomic E-state index is 12.1. The Morgan fingerprint density at radius 3 is 2.25 bits per heavy atom. The molecule has 1 aromatic carbocycles. The molecule has 0 aliphatic heterocycles. The number of amides is 1. The Morgan fingerprint density at radius 2 is 1.61 bits per heavy atom. The van der Waals surface area contributed by atoms with Crippen LogP contribution in [-0.4, -0.2) is 33.3 Å². The first kappa shape index (κ1) is 20.6. The molecule has 0 radical (unpaired) electrons. The Bertz CT molecular complexity index is 913. The summed E-state index contributed by atoms with van der Waals surface area (Å²) in [5, 5.41) is 26.2. The SMILES string of the molecule is CNc1nnc(CCCCc2nnc(NC(=O)CCc3ccccc3Cl)s2)s1. The fourth-order valence-corrected chi connectivity index (χ4v) is 4.31. The molecule has 1 amide bonds. The molecule has 3 rings (SSSR count). The van der Waals surface area contributed by atoms with Gasteiger partial charge in [-0.2, -0.15) is 0 Å². The molecular weight excluding hydrogens is 416 g/mol. The lowest BCUT2D eigenvalue weighted by Gasteiger charge is -2.03. The van der Waals surface area contributed by atoms with Gasteiger partial charge in [-0.3, -0.25) is 4.79 Å². The monoisotopic (exact) mass is 436 g/mol. The Labute approximate surface area is 176 Å². The molecule has 2 aromatic heterocycles. The summed E-state index contributed by atoms with van der Waals surface area (Å²) in [6, 6.07) is 7.55. The van der Waals surface area contributed by atoms with Crippen molar-refractivity contribution in [2.45, 2.75) is 38.5 Å². The lowest BCUT2D eigenvalue weighted by Crippen LogP contribution is -2.12. The van der Waals surface area contributed by atoms with Gasteiger partial charge in [-0.15, -0.1) is 20.4 Å². The summed E-state index contributed by atoms with van der Waals surface area (Å²) in [5.74, 6) is -0.0840. The van der Waals surface area contributed by atoms with E-state index in [1.54, 1.807) is 11.3 Å². The number of unbranched alkanes of at least 4 members (excludes halogenated alkanes) is 1. The van der Waals surface area contributed by atoms with Crippen molar-refractivity contribution in [1.29, 1.82) is 0 Å². The zero-order valence-electron chi connectivity index (χ0n) is 15.4. The third-order valence-corrected chi connectivity index (χ3v) is 6.27. The van der Waals surface area contributed by atoms with E-state index in [4.69, 9.17) is 11.6 Å². The molecule has 7 nitrogen and oxygen atoms in total. The predicted octanol–water partition coefficient (Wildman–Crippen LogP) is 4.22. The van der Waals surface area contributed by atoms with Crippen LogP contribution in [0.4, 0.5) is 10.3 Å². The number of aromatic nitrogens is 4. The highest BCUT2D eigenvalue weighted by molar-refractivity contribution is 7.15. The van der Waals surface area contributed by atoms with Crippen molar-refractivity contribution in [2.24, 2.45) is 0 Å². The van der Waals surface area contributed by atoms with E-state index in [1.807, 2.05) is 31.3 Å². The van der Waals surface area contributed by atoms with Crippen LogP contribution in [0.5, 0.6) is 0 Å². The number of hydrogen-bond donors (Lipinski definition) is 2. The molecule has 0 bridgehead atoms. The van der Waals surface area contributed by atoms with E-state index in [0.717, 1.165) is 46.4 Å². The molecule has 0 saturated carbocycles. The van der Waals surface area contributed by atoms with Crippen LogP contribution in [0.1, 0.15) is 34.8 Å². The summed E-state index contributed by atoms with van der Waals surface area (Å²) in [7, 11) is 1.84. The number of halogens is 1. The first-order chi connectivity index (χ1) is 13.6. The third-order valence-electron chi connectivity index (χ3n) is 4.00. The van der Waals surface area contributed by atoms with Crippen LogP contribution in [0.2, 0.25) is 5.02 Å². The fraction of sp³-hybridized carbons (Fsp3) is 0.389. The minimum Gasteiger partial charge on any atom is -0.363 e. The molecule has 2 N–H and O–H groups in total. The van der Waals surface area contributed by atoms with Crippen molar-refractivity contribution in [3.8, 4) is 0 Å². The average molecular weight is 437 g/mol. The number of carbonyl (C=O) groups excluding carboxylic acids is 1. The molecule has 2 heterocycles. The quantitative estimate of drug-likeness (QED) is 0.462. The first-order valence-corrected chi connectivity index (χ1v) is 11.0.